The van der Waals surface area contributed by atoms with Gasteiger partial charge in [-0.1, -0.05) is 24.6 Å². The molecule has 1 aliphatic carbocycles. The van der Waals surface area contributed by atoms with Gasteiger partial charge in [0.1, 0.15) is 5.82 Å². The summed E-state index contributed by atoms with van der Waals surface area (Å²) in [6.07, 6.45) is 4.50. The van der Waals surface area contributed by atoms with E-state index in [0.717, 1.165) is 43.4 Å². The first-order valence-corrected chi connectivity index (χ1v) is 13.4. The monoisotopic (exact) mass is 520 g/mol. The van der Waals surface area contributed by atoms with Crippen molar-refractivity contribution in [2.24, 2.45) is 11.8 Å². The number of likely N-dealkylation sites (tertiary alicyclic amines) is 1. The molecule has 2 aliphatic rings. The van der Waals surface area contributed by atoms with Gasteiger partial charge in [0.15, 0.2) is 5.69 Å². The van der Waals surface area contributed by atoms with E-state index >= 15 is 0 Å². The summed E-state index contributed by atoms with van der Waals surface area (Å²) in [6, 6.07) is 12.5. The molecule has 0 radical (unpaired) electrons. The average molecular weight is 521 g/mol. The molecule has 2 fully saturated rings. The lowest BCUT2D eigenvalue weighted by Gasteiger charge is -2.32. The number of benzene rings is 2. The van der Waals surface area contributed by atoms with Crippen LogP contribution < -0.4 is 5.32 Å². The number of halogens is 1. The second-order valence-corrected chi connectivity index (χ2v) is 10.2. The van der Waals surface area contributed by atoms with Crippen LogP contribution in [0.4, 0.5) is 10.1 Å². The first-order valence-electron chi connectivity index (χ1n) is 13.4. The van der Waals surface area contributed by atoms with Crippen molar-refractivity contribution in [1.29, 1.82) is 0 Å². The molecule has 5 rings (SSSR count). The Kier molecular flexibility index (Phi) is 7.72. The third-order valence-corrected chi connectivity index (χ3v) is 7.84. The molecule has 200 valence electrons. The molecule has 9 heteroatoms. The van der Waals surface area contributed by atoms with Gasteiger partial charge in [0.2, 0.25) is 5.91 Å². The Labute approximate surface area is 220 Å². The van der Waals surface area contributed by atoms with E-state index in [1.165, 1.54) is 6.07 Å². The van der Waals surface area contributed by atoms with Gasteiger partial charge in [-0.15, -0.1) is 0 Å². The van der Waals surface area contributed by atoms with Crippen LogP contribution in [0.3, 0.4) is 0 Å². The molecule has 1 aromatic heterocycles. The lowest BCUT2D eigenvalue weighted by molar-refractivity contribution is -0.150. The van der Waals surface area contributed by atoms with E-state index in [1.807, 2.05) is 24.3 Å². The standard InChI is InChI=1S/C29H33FN4O4/c1-2-38-29(37)21-6-3-5-20(17-21)27(35)31-22-11-9-18(10-12-22)19-13-15-34(16-14-19)28(36)26-25-23(30)7-4-8-24(25)32-33-26/h4,7-12,19-21H,2-3,5-6,13-17H2,1H3,(H,31,35)(H,32,33)/t20-,21+/m0/s1. The highest BCUT2D eigenvalue weighted by Crippen LogP contribution is 2.32. The number of aromatic nitrogens is 2. The van der Waals surface area contributed by atoms with E-state index in [2.05, 4.69) is 15.5 Å². The van der Waals surface area contributed by atoms with Crippen molar-refractivity contribution in [3.8, 4) is 0 Å². The second kappa shape index (κ2) is 11.3. The molecule has 2 amide bonds. The van der Waals surface area contributed by atoms with Gasteiger partial charge in [0.05, 0.1) is 23.4 Å². The van der Waals surface area contributed by atoms with Gasteiger partial charge in [0.25, 0.3) is 5.91 Å². The number of hydrogen-bond acceptors (Lipinski definition) is 5. The quantitative estimate of drug-likeness (QED) is 0.444. The van der Waals surface area contributed by atoms with Gasteiger partial charge >= 0.3 is 5.97 Å². The molecule has 0 unspecified atom stereocenters. The Bertz CT molecular complexity index is 1310. The Morgan fingerprint density at radius 1 is 1.05 bits per heavy atom. The molecule has 1 aliphatic heterocycles. The molecule has 0 spiro atoms. The molecule has 1 saturated carbocycles. The zero-order valence-corrected chi connectivity index (χ0v) is 21.5. The van der Waals surface area contributed by atoms with Crippen LogP contribution >= 0.6 is 0 Å². The van der Waals surface area contributed by atoms with Crippen LogP contribution in [0, 0.1) is 17.7 Å². The van der Waals surface area contributed by atoms with Crippen LogP contribution in [0.2, 0.25) is 0 Å². The van der Waals surface area contributed by atoms with Crippen LogP contribution in [0.15, 0.2) is 42.5 Å². The number of carbonyl (C=O) groups is 3. The third kappa shape index (κ3) is 5.42. The number of esters is 1. The van der Waals surface area contributed by atoms with Crippen LogP contribution in [0.25, 0.3) is 10.9 Å². The molecular formula is C29H33FN4O4. The molecule has 38 heavy (non-hydrogen) atoms. The summed E-state index contributed by atoms with van der Waals surface area (Å²) in [5.74, 6) is -1.08. The lowest BCUT2D eigenvalue weighted by Crippen LogP contribution is -2.38. The van der Waals surface area contributed by atoms with Crippen molar-refractivity contribution in [3.63, 3.8) is 0 Å². The van der Waals surface area contributed by atoms with Crippen molar-refractivity contribution in [2.75, 3.05) is 25.0 Å². The number of piperidine rings is 1. The summed E-state index contributed by atoms with van der Waals surface area (Å²) in [6.45, 7) is 3.28. The molecular weight excluding hydrogens is 487 g/mol. The van der Waals surface area contributed by atoms with Crippen molar-refractivity contribution in [1.82, 2.24) is 15.1 Å². The minimum Gasteiger partial charge on any atom is -0.466 e. The largest absolute Gasteiger partial charge is 0.466 e. The third-order valence-electron chi connectivity index (χ3n) is 7.84. The molecule has 3 aromatic rings. The van der Waals surface area contributed by atoms with Crippen LogP contribution in [-0.4, -0.2) is 52.6 Å². The topological polar surface area (TPSA) is 104 Å². The number of nitrogens with zero attached hydrogens (tertiary/aromatic N) is 2. The average Bonchev–Trinajstić information content (AvgIpc) is 3.39. The van der Waals surface area contributed by atoms with E-state index in [9.17, 15) is 18.8 Å². The normalized spacial score (nSPS) is 20.3. The van der Waals surface area contributed by atoms with E-state index in [-0.39, 0.29) is 40.7 Å². The Hall–Kier alpha value is -3.75. The fourth-order valence-electron chi connectivity index (χ4n) is 5.74. The number of aromatic amines is 1. The van der Waals surface area contributed by atoms with Gasteiger partial charge in [-0.3, -0.25) is 19.5 Å². The van der Waals surface area contributed by atoms with Gasteiger partial charge in [-0.2, -0.15) is 5.10 Å². The summed E-state index contributed by atoms with van der Waals surface area (Å²) < 4.78 is 19.5. The van der Waals surface area contributed by atoms with E-state index < -0.39 is 5.82 Å². The van der Waals surface area contributed by atoms with Crippen LogP contribution in [-0.2, 0) is 14.3 Å². The predicted molar refractivity (Wildman–Crippen MR) is 141 cm³/mol. The summed E-state index contributed by atoms with van der Waals surface area (Å²) in [5.41, 5.74) is 2.53. The molecule has 8 nitrogen and oxygen atoms in total. The lowest BCUT2D eigenvalue weighted by atomic mass is 9.81. The number of hydrogen-bond donors (Lipinski definition) is 2. The maximum absolute atomic E-state index is 14.3. The minimum absolute atomic E-state index is 0.0547. The number of carbonyl (C=O) groups excluding carboxylic acids is 3. The minimum atomic E-state index is -0.455. The molecule has 2 heterocycles. The van der Waals surface area contributed by atoms with Crippen molar-refractivity contribution < 1.29 is 23.5 Å². The van der Waals surface area contributed by atoms with Crippen molar-refractivity contribution in [2.45, 2.75) is 51.4 Å². The second-order valence-electron chi connectivity index (χ2n) is 10.2. The van der Waals surface area contributed by atoms with Crippen LogP contribution in [0.1, 0.15) is 67.4 Å². The summed E-state index contributed by atoms with van der Waals surface area (Å²) in [5, 5.41) is 10.1. The maximum atomic E-state index is 14.3. The number of ether oxygens (including phenoxy) is 1. The van der Waals surface area contributed by atoms with Crippen LogP contribution in [0.5, 0.6) is 0 Å². The Morgan fingerprint density at radius 2 is 1.79 bits per heavy atom. The Morgan fingerprint density at radius 3 is 2.53 bits per heavy atom. The Balaban J connectivity index is 1.15. The predicted octanol–water partition coefficient (Wildman–Crippen LogP) is 5.03. The summed E-state index contributed by atoms with van der Waals surface area (Å²) in [7, 11) is 0. The zero-order valence-electron chi connectivity index (χ0n) is 21.5. The molecule has 2 aromatic carbocycles. The first-order chi connectivity index (χ1) is 18.4. The number of anilines is 1. The zero-order chi connectivity index (χ0) is 26.6. The van der Waals surface area contributed by atoms with E-state index in [1.54, 1.807) is 24.0 Å². The number of rotatable bonds is 6. The smallest absolute Gasteiger partial charge is 0.308 e. The fraction of sp³-hybridized carbons (Fsp3) is 0.448. The van der Waals surface area contributed by atoms with E-state index in [0.29, 0.717) is 37.6 Å². The highest BCUT2D eigenvalue weighted by Gasteiger charge is 2.32. The fourth-order valence-corrected chi connectivity index (χ4v) is 5.74. The summed E-state index contributed by atoms with van der Waals surface area (Å²) >= 11 is 0. The number of H-pyrrole nitrogens is 1. The van der Waals surface area contributed by atoms with Gasteiger partial charge in [0, 0.05) is 24.7 Å². The van der Waals surface area contributed by atoms with E-state index in [4.69, 9.17) is 4.74 Å². The highest BCUT2D eigenvalue weighted by atomic mass is 19.1. The molecule has 2 N–H and O–H groups in total. The number of amides is 2. The first kappa shape index (κ1) is 25.9. The van der Waals surface area contributed by atoms with Gasteiger partial charge in [-0.25, -0.2) is 4.39 Å². The molecule has 1 saturated heterocycles. The SMILES string of the molecule is CCOC(=O)[C@@H]1CCC[C@H](C(=O)Nc2ccc(C3CCN(C(=O)c4n[nH]c5cccc(F)c45)CC3)cc2)C1. The van der Waals surface area contributed by atoms with Gasteiger partial charge < -0.3 is 15.0 Å². The maximum Gasteiger partial charge on any atom is 0.308 e. The number of fused-ring (bicyclic) bond motifs is 1. The van der Waals surface area contributed by atoms with Crippen molar-refractivity contribution in [3.05, 3.63) is 59.5 Å². The number of nitrogens with one attached hydrogen (secondary N) is 2. The summed E-state index contributed by atoms with van der Waals surface area (Å²) in [4.78, 5) is 39.7. The molecule has 2 atom stereocenters. The van der Waals surface area contributed by atoms with Gasteiger partial charge in [-0.05, 0) is 74.8 Å². The highest BCUT2D eigenvalue weighted by molar-refractivity contribution is 6.04. The van der Waals surface area contributed by atoms with Crippen molar-refractivity contribution >= 4 is 34.4 Å². The molecule has 0 bridgehead atoms.